The molecular formula is C6H8Br2O3. The van der Waals surface area contributed by atoms with Crippen LogP contribution in [0.15, 0.2) is 0 Å². The molecule has 0 heterocycles. The van der Waals surface area contributed by atoms with Crippen molar-refractivity contribution in [1.82, 2.24) is 0 Å². The van der Waals surface area contributed by atoms with Crippen molar-refractivity contribution >= 4 is 43.6 Å². The van der Waals surface area contributed by atoms with E-state index in [0.29, 0.717) is 0 Å². The predicted molar refractivity (Wildman–Crippen MR) is 47.9 cm³/mol. The van der Waals surface area contributed by atoms with E-state index in [-0.39, 0.29) is 5.78 Å². The molecule has 0 aromatic heterocycles. The van der Waals surface area contributed by atoms with Gasteiger partial charge < -0.3 is 4.74 Å². The van der Waals surface area contributed by atoms with Crippen molar-refractivity contribution in [3.8, 4) is 0 Å². The third kappa shape index (κ3) is 4.53. The van der Waals surface area contributed by atoms with Crippen LogP contribution in [0.3, 0.4) is 0 Å². The lowest BCUT2D eigenvalue weighted by atomic mass is 10.3. The molecule has 0 bridgehead atoms. The molecule has 0 N–H and O–H groups in total. The largest absolute Gasteiger partial charge is 0.455 e. The SMILES string of the molecule is CC(=O)OC(C)C(=O)C(Br)Br. The number of Topliss-reactive ketones (excluding diaryl/α,β-unsaturated/α-hetero) is 1. The maximum atomic E-state index is 11.0. The molecule has 0 aromatic carbocycles. The Morgan fingerprint density at radius 3 is 2.09 bits per heavy atom. The van der Waals surface area contributed by atoms with Crippen molar-refractivity contribution in [2.24, 2.45) is 0 Å². The number of hydrogen-bond acceptors (Lipinski definition) is 3. The first-order valence-corrected chi connectivity index (χ1v) is 4.77. The second-order valence-corrected chi connectivity index (χ2v) is 5.01. The Labute approximate surface area is 81.7 Å². The number of halogens is 2. The third-order valence-electron chi connectivity index (χ3n) is 0.958. The standard InChI is InChI=1S/C6H8Br2O3/c1-3(11-4(2)9)5(10)6(7)8/h3,6H,1-2H3. The predicted octanol–water partition coefficient (Wildman–Crippen LogP) is 1.62. The molecule has 0 aliphatic rings. The molecule has 0 fully saturated rings. The summed E-state index contributed by atoms with van der Waals surface area (Å²) in [6, 6.07) is 0. The summed E-state index contributed by atoms with van der Waals surface area (Å²) in [5.74, 6) is -0.660. The van der Waals surface area contributed by atoms with Crippen LogP contribution in [0.1, 0.15) is 13.8 Å². The quantitative estimate of drug-likeness (QED) is 0.585. The third-order valence-corrected chi connectivity index (χ3v) is 1.86. The highest BCUT2D eigenvalue weighted by molar-refractivity contribution is 9.25. The van der Waals surface area contributed by atoms with Crippen molar-refractivity contribution in [1.29, 1.82) is 0 Å². The van der Waals surface area contributed by atoms with E-state index in [1.807, 2.05) is 0 Å². The zero-order chi connectivity index (χ0) is 9.02. The molecule has 0 aromatic rings. The summed E-state index contributed by atoms with van der Waals surface area (Å²) >= 11 is 6.01. The Hall–Kier alpha value is 0.1000. The van der Waals surface area contributed by atoms with E-state index < -0.39 is 15.8 Å². The van der Waals surface area contributed by atoms with Gasteiger partial charge in [0.1, 0.15) is 3.74 Å². The molecule has 0 aliphatic carbocycles. The van der Waals surface area contributed by atoms with Crippen molar-refractivity contribution in [3.05, 3.63) is 0 Å². The van der Waals surface area contributed by atoms with Crippen LogP contribution < -0.4 is 0 Å². The molecule has 64 valence electrons. The van der Waals surface area contributed by atoms with Gasteiger partial charge in [0.05, 0.1) is 0 Å². The summed E-state index contributed by atoms with van der Waals surface area (Å²) in [4.78, 5) is 21.4. The molecule has 0 aliphatic heterocycles. The van der Waals surface area contributed by atoms with Gasteiger partial charge in [-0.05, 0) is 6.92 Å². The van der Waals surface area contributed by atoms with Crippen molar-refractivity contribution < 1.29 is 14.3 Å². The number of ether oxygens (including phenoxy) is 1. The number of carbonyl (C=O) groups excluding carboxylic acids is 2. The number of carbonyl (C=O) groups is 2. The van der Waals surface area contributed by atoms with Crippen molar-refractivity contribution in [2.45, 2.75) is 23.7 Å². The van der Waals surface area contributed by atoms with E-state index in [1.54, 1.807) is 0 Å². The van der Waals surface area contributed by atoms with Gasteiger partial charge in [0.15, 0.2) is 11.9 Å². The summed E-state index contributed by atoms with van der Waals surface area (Å²) in [6.07, 6.45) is -0.698. The van der Waals surface area contributed by atoms with Gasteiger partial charge in [-0.3, -0.25) is 9.59 Å². The molecule has 0 saturated carbocycles. The minimum Gasteiger partial charge on any atom is -0.455 e. The van der Waals surface area contributed by atoms with E-state index in [2.05, 4.69) is 36.6 Å². The molecule has 0 saturated heterocycles. The van der Waals surface area contributed by atoms with Crippen LogP contribution in [0.2, 0.25) is 0 Å². The van der Waals surface area contributed by atoms with Gasteiger partial charge in [-0.25, -0.2) is 0 Å². The molecule has 5 heteroatoms. The molecule has 1 unspecified atom stereocenters. The Morgan fingerprint density at radius 1 is 1.36 bits per heavy atom. The van der Waals surface area contributed by atoms with Gasteiger partial charge in [-0.1, -0.05) is 31.9 Å². The van der Waals surface area contributed by atoms with Gasteiger partial charge in [0, 0.05) is 6.92 Å². The van der Waals surface area contributed by atoms with Gasteiger partial charge in [0.2, 0.25) is 0 Å². The normalized spacial score (nSPS) is 12.8. The number of hydrogen-bond donors (Lipinski definition) is 0. The molecule has 3 nitrogen and oxygen atoms in total. The molecule has 1 atom stereocenters. The van der Waals surface area contributed by atoms with Gasteiger partial charge in [0.25, 0.3) is 0 Å². The number of ketones is 1. The number of rotatable bonds is 3. The Kier molecular flexibility index (Phi) is 4.92. The first kappa shape index (κ1) is 11.1. The minimum absolute atomic E-state index is 0.208. The lowest BCUT2D eigenvalue weighted by Crippen LogP contribution is -2.26. The highest BCUT2D eigenvalue weighted by Crippen LogP contribution is 2.12. The molecule has 0 spiro atoms. The van der Waals surface area contributed by atoms with Crippen LogP contribution in [0.4, 0.5) is 0 Å². The molecule has 0 radical (unpaired) electrons. The lowest BCUT2D eigenvalue weighted by molar-refractivity contribution is -0.151. The Morgan fingerprint density at radius 2 is 1.82 bits per heavy atom. The Bertz CT molecular complexity index is 167. The summed E-state index contributed by atoms with van der Waals surface area (Å²) in [5.41, 5.74) is 0. The maximum absolute atomic E-state index is 11.0. The fourth-order valence-corrected chi connectivity index (χ4v) is 1.23. The van der Waals surface area contributed by atoms with Crippen LogP contribution >= 0.6 is 31.9 Å². The lowest BCUT2D eigenvalue weighted by Gasteiger charge is -2.10. The molecular weight excluding hydrogens is 280 g/mol. The summed E-state index contributed by atoms with van der Waals surface area (Å²) in [5, 5.41) is 0. The molecule has 0 rings (SSSR count). The van der Waals surface area contributed by atoms with E-state index in [9.17, 15) is 9.59 Å². The van der Waals surface area contributed by atoms with Crippen LogP contribution in [0.5, 0.6) is 0 Å². The summed E-state index contributed by atoms with van der Waals surface area (Å²) in [6.45, 7) is 2.79. The van der Waals surface area contributed by atoms with Gasteiger partial charge in [-0.2, -0.15) is 0 Å². The average Bonchev–Trinajstić information content (AvgIpc) is 1.84. The van der Waals surface area contributed by atoms with Crippen molar-refractivity contribution in [3.63, 3.8) is 0 Å². The highest BCUT2D eigenvalue weighted by atomic mass is 79.9. The van der Waals surface area contributed by atoms with Crippen LogP contribution in [0, 0.1) is 0 Å². The van der Waals surface area contributed by atoms with E-state index in [0.717, 1.165) is 0 Å². The smallest absolute Gasteiger partial charge is 0.303 e. The fourth-order valence-electron chi connectivity index (χ4n) is 0.484. The molecule has 11 heavy (non-hydrogen) atoms. The second kappa shape index (κ2) is 4.87. The maximum Gasteiger partial charge on any atom is 0.303 e. The monoisotopic (exact) mass is 286 g/mol. The minimum atomic E-state index is -0.698. The Balaban J connectivity index is 3.93. The number of esters is 1. The van der Waals surface area contributed by atoms with Crippen LogP contribution in [-0.4, -0.2) is 21.6 Å². The molecule has 0 amide bonds. The van der Waals surface area contributed by atoms with E-state index in [4.69, 9.17) is 0 Å². The first-order chi connectivity index (χ1) is 4.95. The fraction of sp³-hybridized carbons (Fsp3) is 0.667. The zero-order valence-electron chi connectivity index (χ0n) is 6.14. The second-order valence-electron chi connectivity index (χ2n) is 1.95. The van der Waals surface area contributed by atoms with E-state index >= 15 is 0 Å². The van der Waals surface area contributed by atoms with Gasteiger partial charge in [-0.15, -0.1) is 0 Å². The number of alkyl halides is 2. The van der Waals surface area contributed by atoms with Crippen molar-refractivity contribution in [2.75, 3.05) is 0 Å². The van der Waals surface area contributed by atoms with Crippen LogP contribution in [-0.2, 0) is 14.3 Å². The average molecular weight is 288 g/mol. The highest BCUT2D eigenvalue weighted by Gasteiger charge is 2.20. The first-order valence-electron chi connectivity index (χ1n) is 2.94. The summed E-state index contributed by atoms with van der Waals surface area (Å²) < 4.78 is 4.17. The topological polar surface area (TPSA) is 43.4 Å². The van der Waals surface area contributed by atoms with Gasteiger partial charge >= 0.3 is 5.97 Å². The van der Waals surface area contributed by atoms with Crippen LogP contribution in [0.25, 0.3) is 0 Å². The summed E-state index contributed by atoms with van der Waals surface area (Å²) in [7, 11) is 0. The zero-order valence-corrected chi connectivity index (χ0v) is 9.31. The van der Waals surface area contributed by atoms with E-state index in [1.165, 1.54) is 13.8 Å².